The summed E-state index contributed by atoms with van der Waals surface area (Å²) in [7, 11) is 0. The van der Waals surface area contributed by atoms with Crippen LogP contribution in [0, 0.1) is 0 Å². The van der Waals surface area contributed by atoms with Crippen molar-refractivity contribution in [3.8, 4) is 0 Å². The highest BCUT2D eigenvalue weighted by Gasteiger charge is 2.29. The summed E-state index contributed by atoms with van der Waals surface area (Å²) < 4.78 is 37.4. The Kier molecular flexibility index (Phi) is 6.81. The molecule has 27 heavy (non-hydrogen) atoms. The molecule has 0 aliphatic rings. The minimum absolute atomic E-state index is 0.116. The summed E-state index contributed by atoms with van der Waals surface area (Å²) in [6.07, 6.45) is -3.25. The van der Waals surface area contributed by atoms with Crippen molar-refractivity contribution in [2.75, 3.05) is 6.54 Å². The second-order valence-corrected chi connectivity index (χ2v) is 6.06. The average Bonchev–Trinajstić information content (AvgIpc) is 2.61. The van der Waals surface area contributed by atoms with Gasteiger partial charge < -0.3 is 5.32 Å². The number of hydrazone groups is 1. The molecule has 0 aromatic heterocycles. The number of carbonyl (C=O) groups is 2. The first kappa shape index (κ1) is 20.7. The van der Waals surface area contributed by atoms with Gasteiger partial charge in [0.25, 0.3) is 11.8 Å². The molecule has 2 aromatic rings. The molecular formula is C17H12Cl2F3N3O2. The monoisotopic (exact) mass is 417 g/mol. The fourth-order valence-electron chi connectivity index (χ4n) is 1.90. The van der Waals surface area contributed by atoms with Gasteiger partial charge in [0.05, 0.1) is 28.9 Å². The third-order valence-electron chi connectivity index (χ3n) is 3.22. The highest BCUT2D eigenvalue weighted by Crippen LogP contribution is 2.28. The second kappa shape index (κ2) is 8.88. The van der Waals surface area contributed by atoms with Gasteiger partial charge in [0.15, 0.2) is 0 Å². The number of benzene rings is 2. The van der Waals surface area contributed by atoms with E-state index in [2.05, 4.69) is 15.8 Å². The Morgan fingerprint density at radius 3 is 2.37 bits per heavy atom. The molecule has 0 atom stereocenters. The molecule has 10 heteroatoms. The molecule has 2 rings (SSSR count). The van der Waals surface area contributed by atoms with Crippen molar-refractivity contribution in [2.45, 2.75) is 6.18 Å². The molecule has 0 fully saturated rings. The number of rotatable bonds is 5. The molecule has 2 amide bonds. The Hall–Kier alpha value is -2.58. The summed E-state index contributed by atoms with van der Waals surface area (Å²) in [4.78, 5) is 23.6. The zero-order valence-electron chi connectivity index (χ0n) is 13.5. The predicted octanol–water partition coefficient (Wildman–Crippen LogP) is 3.89. The van der Waals surface area contributed by atoms with Crippen molar-refractivity contribution in [3.05, 3.63) is 69.2 Å². The van der Waals surface area contributed by atoms with Gasteiger partial charge >= 0.3 is 6.18 Å². The maximum atomic E-state index is 12.5. The van der Waals surface area contributed by atoms with Crippen LogP contribution in [0.4, 0.5) is 13.2 Å². The van der Waals surface area contributed by atoms with Crippen molar-refractivity contribution in [3.63, 3.8) is 0 Å². The SMILES string of the molecule is O=C(CNC(=O)c1cc(Cl)ccc1Cl)N/N=C/c1ccc(C(F)(F)F)cc1. The Balaban J connectivity index is 1.84. The van der Waals surface area contributed by atoms with Gasteiger partial charge in [-0.1, -0.05) is 35.3 Å². The Morgan fingerprint density at radius 1 is 1.07 bits per heavy atom. The lowest BCUT2D eigenvalue weighted by atomic mass is 10.1. The summed E-state index contributed by atoms with van der Waals surface area (Å²) in [6, 6.07) is 8.55. The van der Waals surface area contributed by atoms with E-state index in [0.29, 0.717) is 10.6 Å². The first-order chi connectivity index (χ1) is 12.7. The van der Waals surface area contributed by atoms with E-state index in [1.54, 1.807) is 0 Å². The van der Waals surface area contributed by atoms with Gasteiger partial charge in [0.2, 0.25) is 0 Å². The van der Waals surface area contributed by atoms with Gasteiger partial charge in [-0.3, -0.25) is 9.59 Å². The Morgan fingerprint density at radius 2 is 1.74 bits per heavy atom. The third-order valence-corrected chi connectivity index (χ3v) is 3.79. The summed E-state index contributed by atoms with van der Waals surface area (Å²) in [5.74, 6) is -1.23. The van der Waals surface area contributed by atoms with Crippen molar-refractivity contribution in [1.82, 2.24) is 10.7 Å². The fourth-order valence-corrected chi connectivity index (χ4v) is 2.28. The predicted molar refractivity (Wildman–Crippen MR) is 96.0 cm³/mol. The van der Waals surface area contributed by atoms with Crippen molar-refractivity contribution >= 4 is 41.2 Å². The van der Waals surface area contributed by atoms with Crippen molar-refractivity contribution < 1.29 is 22.8 Å². The van der Waals surface area contributed by atoms with Crippen LogP contribution in [0.15, 0.2) is 47.6 Å². The summed E-state index contributed by atoms with van der Waals surface area (Å²) >= 11 is 11.7. The van der Waals surface area contributed by atoms with Crippen LogP contribution in [0.1, 0.15) is 21.5 Å². The standard InChI is InChI=1S/C17H12Cl2F3N3O2/c18-12-5-6-14(19)13(7-12)16(27)23-9-15(26)25-24-8-10-1-3-11(4-2-10)17(20,21)22/h1-8H,9H2,(H,23,27)(H,25,26)/b24-8+. The average molecular weight is 418 g/mol. The van der Waals surface area contributed by atoms with Gasteiger partial charge in [0, 0.05) is 5.02 Å². The molecule has 0 unspecified atom stereocenters. The largest absolute Gasteiger partial charge is 0.416 e. The number of hydrogen-bond donors (Lipinski definition) is 2. The molecule has 0 saturated heterocycles. The summed E-state index contributed by atoms with van der Waals surface area (Å²) in [6.45, 7) is -0.383. The quantitative estimate of drug-likeness (QED) is 0.572. The zero-order chi connectivity index (χ0) is 20.0. The first-order valence-electron chi connectivity index (χ1n) is 7.39. The molecule has 0 aliphatic heterocycles. The molecule has 2 aromatic carbocycles. The molecule has 2 N–H and O–H groups in total. The van der Waals surface area contributed by atoms with E-state index >= 15 is 0 Å². The number of amides is 2. The zero-order valence-corrected chi connectivity index (χ0v) is 15.0. The van der Waals surface area contributed by atoms with E-state index < -0.39 is 23.6 Å². The van der Waals surface area contributed by atoms with Crippen molar-refractivity contribution in [2.24, 2.45) is 5.10 Å². The molecule has 0 aliphatic carbocycles. The van der Waals surface area contributed by atoms with E-state index in [4.69, 9.17) is 23.2 Å². The van der Waals surface area contributed by atoms with Crippen LogP contribution in [0.2, 0.25) is 10.0 Å². The van der Waals surface area contributed by atoms with Crippen LogP contribution in [0.5, 0.6) is 0 Å². The van der Waals surface area contributed by atoms with E-state index in [1.807, 2.05) is 0 Å². The lowest BCUT2D eigenvalue weighted by Gasteiger charge is -2.06. The maximum Gasteiger partial charge on any atom is 0.416 e. The molecule has 0 heterocycles. The van der Waals surface area contributed by atoms with E-state index in [9.17, 15) is 22.8 Å². The summed E-state index contributed by atoms with van der Waals surface area (Å²) in [5, 5.41) is 6.45. The topological polar surface area (TPSA) is 70.6 Å². The van der Waals surface area contributed by atoms with E-state index in [0.717, 1.165) is 12.1 Å². The number of nitrogens with one attached hydrogen (secondary N) is 2. The van der Waals surface area contributed by atoms with Gasteiger partial charge in [-0.2, -0.15) is 18.3 Å². The van der Waals surface area contributed by atoms with Crippen LogP contribution in [0.25, 0.3) is 0 Å². The highest BCUT2D eigenvalue weighted by molar-refractivity contribution is 6.35. The minimum atomic E-state index is -4.42. The lowest BCUT2D eigenvalue weighted by Crippen LogP contribution is -2.35. The molecule has 0 bridgehead atoms. The van der Waals surface area contributed by atoms with E-state index in [-0.39, 0.29) is 17.1 Å². The van der Waals surface area contributed by atoms with Crippen LogP contribution in [0.3, 0.4) is 0 Å². The van der Waals surface area contributed by atoms with Gasteiger partial charge in [0.1, 0.15) is 0 Å². The lowest BCUT2D eigenvalue weighted by molar-refractivity contribution is -0.137. The number of carbonyl (C=O) groups excluding carboxylic acids is 2. The van der Waals surface area contributed by atoms with E-state index in [1.165, 1.54) is 36.5 Å². The highest BCUT2D eigenvalue weighted by atomic mass is 35.5. The summed E-state index contributed by atoms with van der Waals surface area (Å²) in [5.41, 5.74) is 1.83. The minimum Gasteiger partial charge on any atom is -0.343 e. The number of nitrogens with zero attached hydrogens (tertiary/aromatic N) is 1. The number of alkyl halides is 3. The molecule has 0 radical (unpaired) electrons. The molecule has 0 saturated carbocycles. The van der Waals surface area contributed by atoms with Gasteiger partial charge in [-0.25, -0.2) is 5.43 Å². The molecule has 5 nitrogen and oxygen atoms in total. The van der Waals surface area contributed by atoms with Crippen LogP contribution < -0.4 is 10.7 Å². The van der Waals surface area contributed by atoms with Gasteiger partial charge in [-0.05, 0) is 35.9 Å². The molecule has 0 spiro atoms. The first-order valence-corrected chi connectivity index (χ1v) is 8.15. The second-order valence-electron chi connectivity index (χ2n) is 5.22. The van der Waals surface area contributed by atoms with Crippen LogP contribution in [-0.4, -0.2) is 24.6 Å². The fraction of sp³-hybridized carbons (Fsp3) is 0.118. The Labute approximate surface area is 162 Å². The van der Waals surface area contributed by atoms with Crippen LogP contribution in [-0.2, 0) is 11.0 Å². The molecular weight excluding hydrogens is 406 g/mol. The smallest absolute Gasteiger partial charge is 0.343 e. The van der Waals surface area contributed by atoms with Gasteiger partial charge in [-0.15, -0.1) is 0 Å². The molecule has 142 valence electrons. The van der Waals surface area contributed by atoms with Crippen molar-refractivity contribution in [1.29, 1.82) is 0 Å². The Bertz CT molecular complexity index is 869. The number of hydrogen-bond acceptors (Lipinski definition) is 3. The maximum absolute atomic E-state index is 12.5. The van der Waals surface area contributed by atoms with Crippen LogP contribution >= 0.6 is 23.2 Å². The number of halogens is 5. The normalized spacial score (nSPS) is 11.4. The third kappa shape index (κ3) is 6.26.